The van der Waals surface area contributed by atoms with Crippen LogP contribution in [0, 0.1) is 0 Å². The Bertz CT molecular complexity index is 423. The molecule has 0 radical (unpaired) electrons. The van der Waals surface area contributed by atoms with Crippen molar-refractivity contribution < 1.29 is 5.11 Å². The van der Waals surface area contributed by atoms with Gasteiger partial charge < -0.3 is 10.4 Å². The lowest BCUT2D eigenvalue weighted by atomic mass is 9.75. The van der Waals surface area contributed by atoms with E-state index in [1.54, 1.807) is 0 Å². The predicted molar refractivity (Wildman–Crippen MR) is 81.3 cm³/mol. The van der Waals surface area contributed by atoms with Crippen LogP contribution in [0.25, 0.3) is 0 Å². The second kappa shape index (κ2) is 5.94. The van der Waals surface area contributed by atoms with Gasteiger partial charge in [0.25, 0.3) is 0 Å². The van der Waals surface area contributed by atoms with E-state index < -0.39 is 0 Å². The summed E-state index contributed by atoms with van der Waals surface area (Å²) in [5, 5.41) is 13.3. The van der Waals surface area contributed by atoms with Crippen LogP contribution in [-0.2, 0) is 0 Å². The summed E-state index contributed by atoms with van der Waals surface area (Å²) in [5.41, 5.74) is 1.46. The third kappa shape index (κ3) is 3.21. The first kappa shape index (κ1) is 13.6. The van der Waals surface area contributed by atoms with Gasteiger partial charge in [-0.1, -0.05) is 34.1 Å². The van der Waals surface area contributed by atoms with Gasteiger partial charge in [0, 0.05) is 16.6 Å². The van der Waals surface area contributed by atoms with Gasteiger partial charge >= 0.3 is 0 Å². The molecule has 0 bridgehead atoms. The second-order valence-electron chi connectivity index (χ2n) is 6.06. The largest absolute Gasteiger partial charge is 0.393 e. The second-order valence-corrected chi connectivity index (χ2v) is 6.91. The third-order valence-electron chi connectivity index (χ3n) is 4.65. The van der Waals surface area contributed by atoms with Gasteiger partial charge in [0.15, 0.2) is 0 Å². The first-order valence-electron chi connectivity index (χ1n) is 7.41. The van der Waals surface area contributed by atoms with Crippen molar-refractivity contribution in [1.29, 1.82) is 0 Å². The van der Waals surface area contributed by atoms with Crippen molar-refractivity contribution >= 4 is 15.9 Å². The molecule has 0 amide bonds. The Kier molecular flexibility index (Phi) is 4.25. The molecule has 0 heterocycles. The minimum atomic E-state index is -0.0486. The molecule has 3 rings (SSSR count). The van der Waals surface area contributed by atoms with E-state index in [0.717, 1.165) is 25.7 Å². The van der Waals surface area contributed by atoms with Crippen LogP contribution >= 0.6 is 15.9 Å². The number of rotatable bonds is 3. The van der Waals surface area contributed by atoms with Gasteiger partial charge in [-0.25, -0.2) is 0 Å². The van der Waals surface area contributed by atoms with Crippen molar-refractivity contribution in [1.82, 2.24) is 5.32 Å². The first-order chi connectivity index (χ1) is 9.22. The fraction of sp³-hybridized carbons (Fsp3) is 0.625. The Morgan fingerprint density at radius 2 is 1.68 bits per heavy atom. The summed E-state index contributed by atoms with van der Waals surface area (Å²) in [7, 11) is 0. The van der Waals surface area contributed by atoms with Crippen LogP contribution in [0.4, 0.5) is 0 Å². The van der Waals surface area contributed by atoms with Crippen LogP contribution in [0.1, 0.15) is 50.0 Å². The maximum atomic E-state index is 9.52. The maximum Gasteiger partial charge on any atom is 0.0541 e. The molecule has 2 aliphatic carbocycles. The summed E-state index contributed by atoms with van der Waals surface area (Å²) in [6.45, 7) is 0. The van der Waals surface area contributed by atoms with Gasteiger partial charge in [0.2, 0.25) is 0 Å². The van der Waals surface area contributed by atoms with Crippen LogP contribution < -0.4 is 5.32 Å². The van der Waals surface area contributed by atoms with E-state index in [4.69, 9.17) is 0 Å². The molecule has 0 spiro atoms. The SMILES string of the molecule is OC1CCC(NC2CC(c3ccccc3Br)C2)CC1. The molecule has 2 aliphatic rings. The Balaban J connectivity index is 1.47. The third-order valence-corrected chi connectivity index (χ3v) is 5.37. The minimum Gasteiger partial charge on any atom is -0.393 e. The van der Waals surface area contributed by atoms with E-state index in [1.807, 2.05) is 0 Å². The number of benzene rings is 1. The number of hydrogen-bond donors (Lipinski definition) is 2. The zero-order valence-electron chi connectivity index (χ0n) is 11.2. The van der Waals surface area contributed by atoms with Crippen molar-refractivity contribution in [3.8, 4) is 0 Å². The Morgan fingerprint density at radius 3 is 2.37 bits per heavy atom. The molecule has 0 unspecified atom stereocenters. The van der Waals surface area contributed by atoms with E-state index in [2.05, 4.69) is 45.5 Å². The summed E-state index contributed by atoms with van der Waals surface area (Å²) < 4.78 is 1.25. The Labute approximate surface area is 123 Å². The van der Waals surface area contributed by atoms with E-state index >= 15 is 0 Å². The van der Waals surface area contributed by atoms with E-state index in [9.17, 15) is 5.11 Å². The highest BCUT2D eigenvalue weighted by Gasteiger charge is 2.33. The Morgan fingerprint density at radius 1 is 1.00 bits per heavy atom. The van der Waals surface area contributed by atoms with Gasteiger partial charge in [0.05, 0.1) is 6.10 Å². The summed E-state index contributed by atoms with van der Waals surface area (Å²) >= 11 is 3.65. The first-order valence-corrected chi connectivity index (χ1v) is 8.20. The molecule has 1 aromatic rings. The predicted octanol–water partition coefficient (Wildman–Crippen LogP) is 3.59. The smallest absolute Gasteiger partial charge is 0.0541 e. The van der Waals surface area contributed by atoms with Crippen LogP contribution in [-0.4, -0.2) is 23.3 Å². The summed E-state index contributed by atoms with van der Waals surface area (Å²) in [6.07, 6.45) is 6.67. The normalized spacial score (nSPS) is 34.8. The molecular weight excluding hydrogens is 302 g/mol. The highest BCUT2D eigenvalue weighted by atomic mass is 79.9. The van der Waals surface area contributed by atoms with Crippen molar-refractivity contribution in [3.63, 3.8) is 0 Å². The standard InChI is InChI=1S/C16H22BrNO/c17-16-4-2-1-3-15(16)11-9-13(10-11)18-12-5-7-14(19)8-6-12/h1-4,11-14,18-19H,5-10H2. The molecule has 104 valence electrons. The van der Waals surface area contributed by atoms with Crippen LogP contribution in [0.15, 0.2) is 28.7 Å². The maximum absolute atomic E-state index is 9.52. The molecule has 1 aromatic carbocycles. The van der Waals surface area contributed by atoms with Crippen LogP contribution in [0.3, 0.4) is 0 Å². The monoisotopic (exact) mass is 323 g/mol. The molecule has 0 saturated heterocycles. The van der Waals surface area contributed by atoms with Gasteiger partial charge in [-0.2, -0.15) is 0 Å². The number of hydrogen-bond acceptors (Lipinski definition) is 2. The molecule has 19 heavy (non-hydrogen) atoms. The topological polar surface area (TPSA) is 32.3 Å². The lowest BCUT2D eigenvalue weighted by Gasteiger charge is -2.40. The van der Waals surface area contributed by atoms with E-state index in [-0.39, 0.29) is 6.10 Å². The molecule has 2 N–H and O–H groups in total. The summed E-state index contributed by atoms with van der Waals surface area (Å²) in [6, 6.07) is 9.89. The number of halogens is 1. The average molecular weight is 324 g/mol. The lowest BCUT2D eigenvalue weighted by Crippen LogP contribution is -2.47. The number of aliphatic hydroxyl groups excluding tert-OH is 1. The Hall–Kier alpha value is -0.380. The van der Waals surface area contributed by atoms with E-state index in [0.29, 0.717) is 18.0 Å². The zero-order valence-corrected chi connectivity index (χ0v) is 12.8. The molecule has 2 nitrogen and oxygen atoms in total. The number of nitrogens with one attached hydrogen (secondary N) is 1. The highest BCUT2D eigenvalue weighted by molar-refractivity contribution is 9.10. The zero-order chi connectivity index (χ0) is 13.2. The van der Waals surface area contributed by atoms with Crippen molar-refractivity contribution in [2.45, 2.75) is 62.6 Å². The molecule has 2 fully saturated rings. The quantitative estimate of drug-likeness (QED) is 0.891. The molecule has 0 aromatic heterocycles. The fourth-order valence-electron chi connectivity index (χ4n) is 3.39. The van der Waals surface area contributed by atoms with Gasteiger partial charge in [0.1, 0.15) is 0 Å². The van der Waals surface area contributed by atoms with Crippen LogP contribution in [0.5, 0.6) is 0 Å². The lowest BCUT2D eigenvalue weighted by molar-refractivity contribution is 0.108. The molecule has 0 atom stereocenters. The van der Waals surface area contributed by atoms with Crippen molar-refractivity contribution in [3.05, 3.63) is 34.3 Å². The molecule has 2 saturated carbocycles. The summed E-state index contributed by atoms with van der Waals surface area (Å²) in [5.74, 6) is 0.710. The van der Waals surface area contributed by atoms with Gasteiger partial charge in [-0.05, 0) is 56.1 Å². The van der Waals surface area contributed by atoms with Crippen molar-refractivity contribution in [2.75, 3.05) is 0 Å². The highest BCUT2D eigenvalue weighted by Crippen LogP contribution is 2.40. The molecule has 0 aliphatic heterocycles. The molecule has 3 heteroatoms. The summed E-state index contributed by atoms with van der Waals surface area (Å²) in [4.78, 5) is 0. The minimum absolute atomic E-state index is 0.0486. The van der Waals surface area contributed by atoms with E-state index in [1.165, 1.54) is 22.9 Å². The van der Waals surface area contributed by atoms with Gasteiger partial charge in [-0.15, -0.1) is 0 Å². The number of aliphatic hydroxyl groups is 1. The van der Waals surface area contributed by atoms with Crippen LogP contribution in [0.2, 0.25) is 0 Å². The average Bonchev–Trinajstić information content (AvgIpc) is 2.37. The van der Waals surface area contributed by atoms with Crippen molar-refractivity contribution in [2.24, 2.45) is 0 Å². The molecular formula is C16H22BrNO. The van der Waals surface area contributed by atoms with Gasteiger partial charge in [-0.3, -0.25) is 0 Å². The fourth-order valence-corrected chi connectivity index (χ4v) is 4.00.